The molecule has 1 aromatic heterocycles. The van der Waals surface area contributed by atoms with Crippen molar-refractivity contribution >= 4 is 27.5 Å². The van der Waals surface area contributed by atoms with Crippen LogP contribution in [0.4, 0.5) is 0 Å². The van der Waals surface area contributed by atoms with Crippen LogP contribution in [0.3, 0.4) is 0 Å². The van der Waals surface area contributed by atoms with Crippen molar-refractivity contribution in [3.8, 4) is 5.75 Å². The molecule has 156 valence electrons. The first-order valence-electron chi connectivity index (χ1n) is 9.03. The zero-order chi connectivity index (χ0) is 21.2. The number of aromatic nitrogens is 1. The third-order valence-electron chi connectivity index (χ3n) is 4.80. The van der Waals surface area contributed by atoms with Crippen LogP contribution in [0.5, 0.6) is 5.75 Å². The standard InChI is InChI=1S/C19H22ClN3O5S/c1-13-8-16(10-18(24)22(13)2)28-15-6-7-23(12-15)19(25)11-21-29(26,27)17-5-3-4-14(20)9-17/h3-5,8-10,15,21H,6-7,11-12H2,1-2H3. The molecule has 1 aliphatic heterocycles. The van der Waals surface area contributed by atoms with Gasteiger partial charge in [-0.25, -0.2) is 13.1 Å². The van der Waals surface area contributed by atoms with Crippen LogP contribution in [0.15, 0.2) is 46.1 Å². The monoisotopic (exact) mass is 439 g/mol. The predicted molar refractivity (Wildman–Crippen MR) is 109 cm³/mol. The van der Waals surface area contributed by atoms with Crippen LogP contribution in [0.2, 0.25) is 5.02 Å². The molecule has 1 aromatic carbocycles. The minimum absolute atomic E-state index is 0.00135. The first kappa shape index (κ1) is 21.4. The molecule has 10 heteroatoms. The number of pyridine rings is 1. The van der Waals surface area contributed by atoms with Gasteiger partial charge in [0.25, 0.3) is 5.56 Å². The van der Waals surface area contributed by atoms with Crippen molar-refractivity contribution in [1.82, 2.24) is 14.2 Å². The Morgan fingerprint density at radius 1 is 1.31 bits per heavy atom. The first-order valence-corrected chi connectivity index (χ1v) is 10.9. The largest absolute Gasteiger partial charge is 0.488 e. The molecule has 0 radical (unpaired) electrons. The Hall–Kier alpha value is -2.36. The summed E-state index contributed by atoms with van der Waals surface area (Å²) in [5.74, 6) is 0.119. The Kier molecular flexibility index (Phi) is 6.30. The summed E-state index contributed by atoms with van der Waals surface area (Å²) < 4.78 is 34.3. The van der Waals surface area contributed by atoms with E-state index in [2.05, 4.69) is 4.72 Å². The molecule has 8 nitrogen and oxygen atoms in total. The summed E-state index contributed by atoms with van der Waals surface area (Å²) in [5, 5.41) is 0.296. The molecule has 2 aromatic rings. The second-order valence-corrected chi connectivity index (χ2v) is 9.08. The van der Waals surface area contributed by atoms with Gasteiger partial charge >= 0.3 is 0 Å². The molecule has 0 spiro atoms. The molecular weight excluding hydrogens is 418 g/mol. The van der Waals surface area contributed by atoms with Crippen LogP contribution in [0, 0.1) is 6.92 Å². The number of carbonyl (C=O) groups is 1. The highest BCUT2D eigenvalue weighted by Crippen LogP contribution is 2.19. The highest BCUT2D eigenvalue weighted by atomic mass is 35.5. The average molecular weight is 440 g/mol. The summed E-state index contributed by atoms with van der Waals surface area (Å²) in [7, 11) is -2.15. The first-order chi connectivity index (χ1) is 13.7. The summed E-state index contributed by atoms with van der Waals surface area (Å²) in [4.78, 5) is 25.8. The van der Waals surface area contributed by atoms with E-state index in [0.717, 1.165) is 5.69 Å². The van der Waals surface area contributed by atoms with Crippen molar-refractivity contribution < 1.29 is 17.9 Å². The number of sulfonamides is 1. The fraction of sp³-hybridized carbons (Fsp3) is 0.368. The number of rotatable bonds is 6. The van der Waals surface area contributed by atoms with Gasteiger partial charge in [-0.05, 0) is 31.2 Å². The number of amides is 1. The summed E-state index contributed by atoms with van der Waals surface area (Å²) in [6, 6.07) is 9.01. The zero-order valence-electron chi connectivity index (χ0n) is 16.1. The van der Waals surface area contributed by atoms with Crippen molar-refractivity contribution in [2.75, 3.05) is 19.6 Å². The lowest BCUT2D eigenvalue weighted by atomic mass is 10.3. The van der Waals surface area contributed by atoms with Gasteiger partial charge in [0.1, 0.15) is 11.9 Å². The summed E-state index contributed by atoms with van der Waals surface area (Å²) in [5.41, 5.74) is 0.607. The van der Waals surface area contributed by atoms with Gasteiger partial charge in [0, 0.05) is 36.8 Å². The Bertz CT molecular complexity index is 1080. The van der Waals surface area contributed by atoms with Gasteiger partial charge in [0.05, 0.1) is 18.0 Å². The van der Waals surface area contributed by atoms with Crippen LogP contribution < -0.4 is 15.0 Å². The molecule has 1 amide bonds. The van der Waals surface area contributed by atoms with Crippen LogP contribution >= 0.6 is 11.6 Å². The van der Waals surface area contributed by atoms with Gasteiger partial charge in [-0.3, -0.25) is 9.59 Å². The molecule has 1 aliphatic rings. The summed E-state index contributed by atoms with van der Waals surface area (Å²) in [6.45, 7) is 2.23. The van der Waals surface area contributed by atoms with Crippen LogP contribution in [0.1, 0.15) is 12.1 Å². The van der Waals surface area contributed by atoms with Crippen molar-refractivity contribution in [3.63, 3.8) is 0 Å². The van der Waals surface area contributed by atoms with E-state index in [-0.39, 0.29) is 29.0 Å². The maximum Gasteiger partial charge on any atom is 0.254 e. The highest BCUT2D eigenvalue weighted by molar-refractivity contribution is 7.89. The Morgan fingerprint density at radius 2 is 2.07 bits per heavy atom. The van der Waals surface area contributed by atoms with Crippen molar-refractivity contribution in [3.05, 3.63) is 57.5 Å². The zero-order valence-corrected chi connectivity index (χ0v) is 17.7. The van der Waals surface area contributed by atoms with Crippen LogP contribution in [0.25, 0.3) is 0 Å². The van der Waals surface area contributed by atoms with Gasteiger partial charge < -0.3 is 14.2 Å². The second-order valence-electron chi connectivity index (χ2n) is 6.88. The number of aryl methyl sites for hydroxylation is 1. The summed E-state index contributed by atoms with van der Waals surface area (Å²) in [6.07, 6.45) is 0.344. The van der Waals surface area contributed by atoms with E-state index < -0.39 is 10.0 Å². The Morgan fingerprint density at radius 3 is 2.76 bits per heavy atom. The van der Waals surface area contributed by atoms with E-state index in [4.69, 9.17) is 16.3 Å². The molecule has 1 saturated heterocycles. The van der Waals surface area contributed by atoms with E-state index >= 15 is 0 Å². The van der Waals surface area contributed by atoms with Gasteiger partial charge in [-0.1, -0.05) is 17.7 Å². The van der Waals surface area contributed by atoms with E-state index in [1.165, 1.54) is 28.8 Å². The highest BCUT2D eigenvalue weighted by Gasteiger charge is 2.28. The van der Waals surface area contributed by atoms with Gasteiger partial charge in [-0.15, -0.1) is 0 Å². The third kappa shape index (κ3) is 5.17. The van der Waals surface area contributed by atoms with E-state index in [0.29, 0.717) is 30.3 Å². The SMILES string of the molecule is Cc1cc(OC2CCN(C(=O)CNS(=O)(=O)c3cccc(Cl)c3)C2)cc(=O)n1C. The molecule has 1 N–H and O–H groups in total. The normalized spacial score (nSPS) is 16.8. The lowest BCUT2D eigenvalue weighted by molar-refractivity contribution is -0.129. The summed E-state index contributed by atoms with van der Waals surface area (Å²) >= 11 is 5.83. The molecule has 0 bridgehead atoms. The number of benzene rings is 1. The fourth-order valence-electron chi connectivity index (χ4n) is 3.03. The number of halogens is 1. The topological polar surface area (TPSA) is 97.7 Å². The van der Waals surface area contributed by atoms with Crippen molar-refractivity contribution in [2.45, 2.75) is 24.3 Å². The molecule has 1 unspecified atom stereocenters. The number of hydrogen-bond acceptors (Lipinski definition) is 5. The second kappa shape index (κ2) is 8.56. The van der Waals surface area contributed by atoms with Crippen LogP contribution in [-0.2, 0) is 21.9 Å². The van der Waals surface area contributed by atoms with Gasteiger partial charge in [0.15, 0.2) is 0 Å². The third-order valence-corrected chi connectivity index (χ3v) is 6.43. The molecule has 0 aliphatic carbocycles. The predicted octanol–water partition coefficient (Wildman–Crippen LogP) is 1.31. The Balaban J connectivity index is 1.56. The quantitative estimate of drug-likeness (QED) is 0.731. The van der Waals surface area contributed by atoms with Gasteiger partial charge in [-0.2, -0.15) is 0 Å². The molecule has 29 heavy (non-hydrogen) atoms. The maximum absolute atomic E-state index is 12.4. The Labute approximate surface area is 174 Å². The number of ether oxygens (including phenoxy) is 1. The van der Waals surface area contributed by atoms with Crippen LogP contribution in [-0.4, -0.2) is 49.5 Å². The number of hydrogen-bond donors (Lipinski definition) is 1. The fourth-order valence-corrected chi connectivity index (χ4v) is 4.31. The average Bonchev–Trinajstić information content (AvgIpc) is 3.13. The number of carbonyl (C=O) groups excluding carboxylic acids is 1. The van der Waals surface area contributed by atoms with Crippen molar-refractivity contribution in [2.24, 2.45) is 7.05 Å². The molecular formula is C19H22ClN3O5S. The molecule has 1 fully saturated rings. The minimum atomic E-state index is -3.83. The lowest BCUT2D eigenvalue weighted by Gasteiger charge is -2.18. The number of likely N-dealkylation sites (tertiary alicyclic amines) is 1. The number of nitrogens with zero attached hydrogens (tertiary/aromatic N) is 2. The smallest absolute Gasteiger partial charge is 0.254 e. The minimum Gasteiger partial charge on any atom is -0.488 e. The van der Waals surface area contributed by atoms with E-state index in [1.807, 2.05) is 6.92 Å². The van der Waals surface area contributed by atoms with E-state index in [9.17, 15) is 18.0 Å². The molecule has 2 heterocycles. The number of nitrogens with one attached hydrogen (secondary N) is 1. The van der Waals surface area contributed by atoms with E-state index in [1.54, 1.807) is 24.1 Å². The molecule has 1 atom stereocenters. The van der Waals surface area contributed by atoms with Gasteiger partial charge in [0.2, 0.25) is 15.9 Å². The lowest BCUT2D eigenvalue weighted by Crippen LogP contribution is -2.39. The molecule has 0 saturated carbocycles. The molecule has 3 rings (SSSR count). The maximum atomic E-state index is 12.4. The van der Waals surface area contributed by atoms with Crippen molar-refractivity contribution in [1.29, 1.82) is 0 Å².